The Hall–Kier alpha value is -2.73. The van der Waals surface area contributed by atoms with Gasteiger partial charge in [0, 0.05) is 43.6 Å². The highest BCUT2D eigenvalue weighted by atomic mass is 16.5. The molecule has 0 unspecified atom stereocenters. The van der Waals surface area contributed by atoms with E-state index in [0.29, 0.717) is 30.3 Å². The number of hydrogen-bond acceptors (Lipinski definition) is 5. The van der Waals surface area contributed by atoms with E-state index in [-0.39, 0.29) is 17.0 Å². The van der Waals surface area contributed by atoms with Crippen LogP contribution in [0.25, 0.3) is 5.70 Å². The van der Waals surface area contributed by atoms with Crippen molar-refractivity contribution < 1.29 is 24.1 Å². The quantitative estimate of drug-likeness (QED) is 0.674. The van der Waals surface area contributed by atoms with E-state index < -0.39 is 5.97 Å². The molecule has 2 heterocycles. The summed E-state index contributed by atoms with van der Waals surface area (Å²) < 4.78 is 16.7. The van der Waals surface area contributed by atoms with Crippen LogP contribution in [0.2, 0.25) is 0 Å². The normalized spacial score (nSPS) is 18.2. The Kier molecular flexibility index (Phi) is 6.27. The second kappa shape index (κ2) is 8.56. The summed E-state index contributed by atoms with van der Waals surface area (Å²) >= 11 is 0. The standard InChI is InChI=1S/C24H31NO5/c1-15-10-19-17-13-20(29-6)21(30-9-7-8-28-5)11-16(17)12-22(24(2,3)4)25(19)14-18(15)23(26)27/h10-11,13-14,22H,1,7-9,12H2,2-6H3,(H,26,27)/t22-/m1/s1. The lowest BCUT2D eigenvalue weighted by Gasteiger charge is -2.46. The fraction of sp³-hybridized carbons (Fsp3) is 0.458. The van der Waals surface area contributed by atoms with Crippen molar-refractivity contribution in [2.75, 3.05) is 27.4 Å². The highest BCUT2D eigenvalue weighted by Gasteiger charge is 2.39. The molecule has 1 N–H and O–H groups in total. The fourth-order valence-electron chi connectivity index (χ4n) is 3.97. The van der Waals surface area contributed by atoms with Gasteiger partial charge in [-0.05, 0) is 41.2 Å². The smallest absolute Gasteiger partial charge is 0.337 e. The number of rotatable bonds is 7. The number of methoxy groups -OCH3 is 2. The van der Waals surface area contributed by atoms with Gasteiger partial charge in [-0.25, -0.2) is 4.79 Å². The van der Waals surface area contributed by atoms with E-state index in [9.17, 15) is 9.90 Å². The molecule has 0 aromatic heterocycles. The lowest BCUT2D eigenvalue weighted by atomic mass is 9.76. The topological polar surface area (TPSA) is 68.2 Å². The molecule has 1 aromatic rings. The Morgan fingerprint density at radius 3 is 2.57 bits per heavy atom. The molecule has 0 radical (unpaired) electrons. The van der Waals surface area contributed by atoms with Crippen LogP contribution >= 0.6 is 0 Å². The van der Waals surface area contributed by atoms with E-state index in [1.54, 1.807) is 20.4 Å². The SMILES string of the molecule is C=C1C=C2c3cc(OC)c(OCCCOC)cc3C[C@H](C(C)(C)C)N2C=C1C(=O)O. The maximum atomic E-state index is 11.7. The molecule has 0 amide bonds. The first-order valence-corrected chi connectivity index (χ1v) is 10.1. The molecule has 162 valence electrons. The van der Waals surface area contributed by atoms with Gasteiger partial charge in [0.1, 0.15) is 0 Å². The summed E-state index contributed by atoms with van der Waals surface area (Å²) in [6.45, 7) is 11.7. The third kappa shape index (κ3) is 4.24. The van der Waals surface area contributed by atoms with E-state index in [1.165, 1.54) is 0 Å². The third-order valence-electron chi connectivity index (χ3n) is 5.60. The zero-order valence-corrected chi connectivity index (χ0v) is 18.4. The molecule has 0 aliphatic carbocycles. The van der Waals surface area contributed by atoms with Crippen LogP contribution in [0.4, 0.5) is 0 Å². The molecular formula is C24H31NO5. The van der Waals surface area contributed by atoms with Crippen LogP contribution in [0.3, 0.4) is 0 Å². The van der Waals surface area contributed by atoms with Gasteiger partial charge in [-0.15, -0.1) is 0 Å². The van der Waals surface area contributed by atoms with Gasteiger partial charge in [0.15, 0.2) is 11.5 Å². The molecule has 0 saturated heterocycles. The minimum absolute atomic E-state index is 0.0744. The van der Waals surface area contributed by atoms with Crippen molar-refractivity contribution in [2.45, 2.75) is 39.7 Å². The van der Waals surface area contributed by atoms with E-state index >= 15 is 0 Å². The van der Waals surface area contributed by atoms with Crippen LogP contribution in [-0.4, -0.2) is 49.5 Å². The van der Waals surface area contributed by atoms with Crippen LogP contribution in [0, 0.1) is 5.41 Å². The van der Waals surface area contributed by atoms with Gasteiger partial charge in [0.25, 0.3) is 0 Å². The van der Waals surface area contributed by atoms with Gasteiger partial charge in [0.05, 0.1) is 19.3 Å². The molecule has 0 fully saturated rings. The second-order valence-corrected chi connectivity index (χ2v) is 8.75. The maximum Gasteiger partial charge on any atom is 0.337 e. The van der Waals surface area contributed by atoms with Crippen molar-refractivity contribution >= 4 is 11.7 Å². The molecule has 3 rings (SSSR count). The lowest BCUT2D eigenvalue weighted by molar-refractivity contribution is -0.132. The summed E-state index contributed by atoms with van der Waals surface area (Å²) in [7, 11) is 3.30. The number of benzene rings is 1. The fourth-order valence-corrected chi connectivity index (χ4v) is 3.97. The molecule has 30 heavy (non-hydrogen) atoms. The maximum absolute atomic E-state index is 11.7. The number of aliphatic carboxylic acids is 1. The van der Waals surface area contributed by atoms with Crippen molar-refractivity contribution in [3.05, 3.63) is 53.3 Å². The molecule has 6 nitrogen and oxygen atoms in total. The summed E-state index contributed by atoms with van der Waals surface area (Å²) in [4.78, 5) is 13.8. The Bertz CT molecular complexity index is 907. The molecule has 0 spiro atoms. The summed E-state index contributed by atoms with van der Waals surface area (Å²) in [5.41, 5.74) is 3.75. The van der Waals surface area contributed by atoms with E-state index in [4.69, 9.17) is 14.2 Å². The number of nitrogens with zero attached hydrogens (tertiary/aromatic N) is 1. The van der Waals surface area contributed by atoms with Crippen LogP contribution in [0.5, 0.6) is 11.5 Å². The van der Waals surface area contributed by atoms with Crippen molar-refractivity contribution in [3.63, 3.8) is 0 Å². The van der Waals surface area contributed by atoms with Crippen molar-refractivity contribution in [1.82, 2.24) is 4.90 Å². The average Bonchev–Trinajstić information content (AvgIpc) is 2.68. The van der Waals surface area contributed by atoms with Gasteiger partial charge in [0.2, 0.25) is 0 Å². The van der Waals surface area contributed by atoms with E-state index in [2.05, 4.69) is 38.3 Å². The zero-order chi connectivity index (χ0) is 22.1. The second-order valence-electron chi connectivity index (χ2n) is 8.75. The number of fused-ring (bicyclic) bond motifs is 3. The van der Waals surface area contributed by atoms with E-state index in [1.807, 2.05) is 12.1 Å². The molecule has 0 saturated carbocycles. The number of carboxylic acids is 1. The number of allylic oxidation sites excluding steroid dienone is 1. The first kappa shape index (κ1) is 22.0. The Morgan fingerprint density at radius 1 is 1.23 bits per heavy atom. The Morgan fingerprint density at radius 2 is 1.97 bits per heavy atom. The predicted octanol–water partition coefficient (Wildman–Crippen LogP) is 4.26. The predicted molar refractivity (Wildman–Crippen MR) is 117 cm³/mol. The molecule has 1 aromatic carbocycles. The van der Waals surface area contributed by atoms with Gasteiger partial charge in [-0.2, -0.15) is 0 Å². The molecular weight excluding hydrogens is 382 g/mol. The van der Waals surface area contributed by atoms with Crippen LogP contribution in [0.1, 0.15) is 38.3 Å². The summed E-state index contributed by atoms with van der Waals surface area (Å²) in [5, 5.41) is 9.59. The molecule has 2 aliphatic rings. The van der Waals surface area contributed by atoms with Crippen molar-refractivity contribution in [2.24, 2.45) is 5.41 Å². The Labute approximate surface area is 178 Å². The van der Waals surface area contributed by atoms with Gasteiger partial charge < -0.3 is 24.2 Å². The molecule has 6 heteroatoms. The van der Waals surface area contributed by atoms with Crippen molar-refractivity contribution in [1.29, 1.82) is 0 Å². The minimum atomic E-state index is -0.967. The highest BCUT2D eigenvalue weighted by molar-refractivity contribution is 5.95. The lowest BCUT2D eigenvalue weighted by Crippen LogP contribution is -2.45. The molecule has 0 bridgehead atoms. The summed E-state index contributed by atoms with van der Waals surface area (Å²) in [6.07, 6.45) is 5.15. The van der Waals surface area contributed by atoms with Crippen LogP contribution in [0.15, 0.2) is 42.1 Å². The van der Waals surface area contributed by atoms with Crippen LogP contribution in [-0.2, 0) is 16.0 Å². The number of carbonyl (C=O) groups is 1. The number of ether oxygens (including phenoxy) is 3. The Balaban J connectivity index is 2.06. The monoisotopic (exact) mass is 413 g/mol. The first-order chi connectivity index (χ1) is 14.2. The minimum Gasteiger partial charge on any atom is -0.493 e. The van der Waals surface area contributed by atoms with Crippen molar-refractivity contribution in [3.8, 4) is 11.5 Å². The summed E-state index contributed by atoms with van der Waals surface area (Å²) in [5.74, 6) is 0.399. The largest absolute Gasteiger partial charge is 0.493 e. The van der Waals surface area contributed by atoms with Gasteiger partial charge >= 0.3 is 5.97 Å². The average molecular weight is 414 g/mol. The molecule has 1 atom stereocenters. The number of carboxylic acid groups (broad SMARTS) is 1. The highest BCUT2D eigenvalue weighted by Crippen LogP contribution is 2.45. The van der Waals surface area contributed by atoms with E-state index in [0.717, 1.165) is 29.7 Å². The van der Waals surface area contributed by atoms with Gasteiger partial charge in [-0.1, -0.05) is 27.4 Å². The summed E-state index contributed by atoms with van der Waals surface area (Å²) in [6, 6.07) is 4.12. The van der Waals surface area contributed by atoms with Gasteiger partial charge in [-0.3, -0.25) is 0 Å². The number of hydrogen-bond donors (Lipinski definition) is 1. The first-order valence-electron chi connectivity index (χ1n) is 10.1. The molecule has 2 aliphatic heterocycles. The third-order valence-corrected chi connectivity index (χ3v) is 5.60. The van der Waals surface area contributed by atoms with Crippen LogP contribution < -0.4 is 9.47 Å². The zero-order valence-electron chi connectivity index (χ0n) is 18.4.